The average molecular weight is 224 g/mol. The highest BCUT2D eigenvalue weighted by atomic mass is 15.0. The molecule has 16 heavy (non-hydrogen) atoms. The number of hydrogen-bond acceptors (Lipinski definition) is 2. The van der Waals surface area contributed by atoms with Crippen molar-refractivity contribution in [2.45, 2.75) is 83.3 Å². The lowest BCUT2D eigenvalue weighted by Gasteiger charge is -2.38. The summed E-state index contributed by atoms with van der Waals surface area (Å²) in [5.74, 6) is 0. The van der Waals surface area contributed by atoms with Gasteiger partial charge in [0.2, 0.25) is 0 Å². The smallest absolute Gasteiger partial charge is 0.00843 e. The predicted molar refractivity (Wildman–Crippen MR) is 69.4 cm³/mol. The molecule has 0 bridgehead atoms. The summed E-state index contributed by atoms with van der Waals surface area (Å²) in [5, 5.41) is 3.85. The van der Waals surface area contributed by atoms with Crippen LogP contribution in [0.25, 0.3) is 0 Å². The van der Waals surface area contributed by atoms with Crippen LogP contribution in [-0.2, 0) is 0 Å². The van der Waals surface area contributed by atoms with Crippen molar-refractivity contribution in [3.63, 3.8) is 0 Å². The molecule has 2 aliphatic carbocycles. The van der Waals surface area contributed by atoms with Gasteiger partial charge in [0.1, 0.15) is 0 Å². The van der Waals surface area contributed by atoms with Crippen LogP contribution in [0.1, 0.15) is 65.2 Å². The minimum Gasteiger partial charge on any atom is -0.328 e. The second-order valence-electron chi connectivity index (χ2n) is 6.73. The number of nitrogens with two attached hydrogens (primary N) is 1. The molecule has 2 rings (SSSR count). The van der Waals surface area contributed by atoms with Crippen LogP contribution in [0.15, 0.2) is 0 Å². The summed E-state index contributed by atoms with van der Waals surface area (Å²) in [7, 11) is 0. The molecular weight excluding hydrogens is 196 g/mol. The SMILES string of the molecule is CC1(C)CCC(NC2CCCC(N)C2)CC1. The third-order valence-corrected chi connectivity index (χ3v) is 4.53. The maximum atomic E-state index is 6.03. The van der Waals surface area contributed by atoms with Gasteiger partial charge in [-0.05, 0) is 50.4 Å². The van der Waals surface area contributed by atoms with E-state index in [-0.39, 0.29) is 0 Å². The summed E-state index contributed by atoms with van der Waals surface area (Å²) in [4.78, 5) is 0. The molecule has 0 saturated heterocycles. The van der Waals surface area contributed by atoms with E-state index >= 15 is 0 Å². The molecule has 2 nitrogen and oxygen atoms in total. The van der Waals surface area contributed by atoms with Crippen molar-refractivity contribution in [2.24, 2.45) is 11.1 Å². The molecule has 0 radical (unpaired) electrons. The first kappa shape index (κ1) is 12.4. The number of hydrogen-bond donors (Lipinski definition) is 2. The Bertz CT molecular complexity index is 215. The van der Waals surface area contributed by atoms with Crippen LogP contribution >= 0.6 is 0 Å². The molecule has 2 unspecified atom stereocenters. The Balaban J connectivity index is 1.74. The van der Waals surface area contributed by atoms with Gasteiger partial charge in [-0.3, -0.25) is 0 Å². The summed E-state index contributed by atoms with van der Waals surface area (Å²) in [6.45, 7) is 4.81. The van der Waals surface area contributed by atoms with Gasteiger partial charge in [-0.15, -0.1) is 0 Å². The van der Waals surface area contributed by atoms with Crippen molar-refractivity contribution in [1.82, 2.24) is 5.32 Å². The van der Waals surface area contributed by atoms with E-state index in [1.807, 2.05) is 0 Å². The van der Waals surface area contributed by atoms with Crippen molar-refractivity contribution in [2.75, 3.05) is 0 Å². The lowest BCUT2D eigenvalue weighted by molar-refractivity contribution is 0.187. The fraction of sp³-hybridized carbons (Fsp3) is 1.00. The molecule has 2 heteroatoms. The van der Waals surface area contributed by atoms with Gasteiger partial charge in [0.25, 0.3) is 0 Å². The zero-order valence-corrected chi connectivity index (χ0v) is 11.0. The highest BCUT2D eigenvalue weighted by Crippen LogP contribution is 2.35. The Kier molecular flexibility index (Phi) is 3.91. The molecule has 94 valence electrons. The summed E-state index contributed by atoms with van der Waals surface area (Å²) >= 11 is 0. The van der Waals surface area contributed by atoms with E-state index in [9.17, 15) is 0 Å². The number of rotatable bonds is 2. The standard InChI is InChI=1S/C14H28N2/c1-14(2)8-6-12(7-9-14)16-13-5-3-4-11(15)10-13/h11-13,16H,3-10,15H2,1-2H3. The maximum Gasteiger partial charge on any atom is 0.00843 e. The van der Waals surface area contributed by atoms with Crippen LogP contribution in [0.3, 0.4) is 0 Å². The van der Waals surface area contributed by atoms with Crippen LogP contribution < -0.4 is 11.1 Å². The van der Waals surface area contributed by atoms with Crippen LogP contribution in [0.4, 0.5) is 0 Å². The molecule has 2 saturated carbocycles. The van der Waals surface area contributed by atoms with E-state index in [0.29, 0.717) is 17.5 Å². The third kappa shape index (κ3) is 3.46. The Morgan fingerprint density at radius 2 is 1.69 bits per heavy atom. The highest BCUT2D eigenvalue weighted by molar-refractivity contribution is 4.87. The van der Waals surface area contributed by atoms with E-state index in [1.54, 1.807) is 0 Å². The van der Waals surface area contributed by atoms with Gasteiger partial charge in [0.15, 0.2) is 0 Å². The second kappa shape index (κ2) is 5.05. The Morgan fingerprint density at radius 3 is 2.31 bits per heavy atom. The molecule has 0 amide bonds. The Labute approximate surface area is 100 Å². The fourth-order valence-corrected chi connectivity index (χ4v) is 3.28. The predicted octanol–water partition coefficient (Wildman–Crippen LogP) is 2.81. The molecule has 0 aliphatic heterocycles. The summed E-state index contributed by atoms with van der Waals surface area (Å²) < 4.78 is 0. The molecule has 0 aromatic carbocycles. The summed E-state index contributed by atoms with van der Waals surface area (Å²) in [6.07, 6.45) is 10.6. The topological polar surface area (TPSA) is 38.0 Å². The van der Waals surface area contributed by atoms with E-state index in [1.165, 1.54) is 51.4 Å². The second-order valence-corrected chi connectivity index (χ2v) is 6.73. The van der Waals surface area contributed by atoms with Gasteiger partial charge in [-0.1, -0.05) is 20.3 Å². The normalized spacial score (nSPS) is 36.2. The van der Waals surface area contributed by atoms with Gasteiger partial charge in [-0.25, -0.2) is 0 Å². The molecule has 0 spiro atoms. The molecular formula is C14H28N2. The van der Waals surface area contributed by atoms with Gasteiger partial charge in [-0.2, -0.15) is 0 Å². The summed E-state index contributed by atoms with van der Waals surface area (Å²) in [5.41, 5.74) is 6.62. The minimum atomic E-state index is 0.450. The van der Waals surface area contributed by atoms with Crippen LogP contribution in [0.2, 0.25) is 0 Å². The largest absolute Gasteiger partial charge is 0.328 e. The van der Waals surface area contributed by atoms with Gasteiger partial charge in [0.05, 0.1) is 0 Å². The quantitative estimate of drug-likeness (QED) is 0.757. The lowest BCUT2D eigenvalue weighted by atomic mass is 9.75. The molecule has 3 N–H and O–H groups in total. The zero-order valence-electron chi connectivity index (χ0n) is 11.0. The van der Waals surface area contributed by atoms with Crippen molar-refractivity contribution >= 4 is 0 Å². The molecule has 0 aromatic heterocycles. The lowest BCUT2D eigenvalue weighted by Crippen LogP contribution is -2.46. The fourth-order valence-electron chi connectivity index (χ4n) is 3.28. The van der Waals surface area contributed by atoms with E-state index in [4.69, 9.17) is 5.73 Å². The van der Waals surface area contributed by atoms with Crippen molar-refractivity contribution in [3.05, 3.63) is 0 Å². The Morgan fingerprint density at radius 1 is 1.00 bits per heavy atom. The monoisotopic (exact) mass is 224 g/mol. The molecule has 0 heterocycles. The van der Waals surface area contributed by atoms with Crippen LogP contribution in [0.5, 0.6) is 0 Å². The van der Waals surface area contributed by atoms with Crippen LogP contribution in [-0.4, -0.2) is 18.1 Å². The van der Waals surface area contributed by atoms with E-state index in [2.05, 4.69) is 19.2 Å². The minimum absolute atomic E-state index is 0.450. The third-order valence-electron chi connectivity index (χ3n) is 4.53. The average Bonchev–Trinajstić information content (AvgIpc) is 2.21. The zero-order chi connectivity index (χ0) is 11.6. The Hall–Kier alpha value is -0.0800. The highest BCUT2D eigenvalue weighted by Gasteiger charge is 2.28. The number of nitrogens with one attached hydrogen (secondary N) is 1. The van der Waals surface area contributed by atoms with E-state index in [0.717, 1.165) is 6.04 Å². The van der Waals surface area contributed by atoms with E-state index < -0.39 is 0 Å². The molecule has 0 aromatic rings. The summed E-state index contributed by atoms with van der Waals surface area (Å²) in [6, 6.07) is 1.92. The van der Waals surface area contributed by atoms with Crippen molar-refractivity contribution in [3.8, 4) is 0 Å². The maximum absolute atomic E-state index is 6.03. The first-order chi connectivity index (χ1) is 7.55. The first-order valence-corrected chi connectivity index (χ1v) is 7.07. The van der Waals surface area contributed by atoms with Crippen molar-refractivity contribution in [1.29, 1.82) is 0 Å². The molecule has 2 fully saturated rings. The molecule has 2 atom stereocenters. The van der Waals surface area contributed by atoms with Gasteiger partial charge in [0, 0.05) is 18.1 Å². The van der Waals surface area contributed by atoms with Crippen molar-refractivity contribution < 1.29 is 0 Å². The van der Waals surface area contributed by atoms with Crippen LogP contribution in [0, 0.1) is 5.41 Å². The first-order valence-electron chi connectivity index (χ1n) is 7.07. The molecule has 2 aliphatic rings. The van der Waals surface area contributed by atoms with Gasteiger partial charge < -0.3 is 11.1 Å². The van der Waals surface area contributed by atoms with Gasteiger partial charge >= 0.3 is 0 Å².